The molecule has 306 valence electrons. The summed E-state index contributed by atoms with van der Waals surface area (Å²) in [7, 11) is 3.27. The Morgan fingerprint density at radius 3 is 2.02 bits per heavy atom. The first kappa shape index (κ1) is 44.1. The summed E-state index contributed by atoms with van der Waals surface area (Å²) >= 11 is 0. The smallest absolute Gasteiger partial charge is 0.227 e. The Hall–Kier alpha value is -4.62. The number of ether oxygens (including phenoxy) is 2. The van der Waals surface area contributed by atoms with Gasteiger partial charge in [-0.05, 0) is 78.9 Å². The van der Waals surface area contributed by atoms with Gasteiger partial charge in [0.15, 0.2) is 0 Å². The summed E-state index contributed by atoms with van der Waals surface area (Å²) in [5.41, 5.74) is 2.86. The number of aromatic nitrogens is 3. The minimum absolute atomic E-state index is 0.0144. The Balaban J connectivity index is 1.45. The first-order chi connectivity index (χ1) is 26.3. The second kappa shape index (κ2) is 18.5. The molecule has 3 N–H and O–H groups in total. The van der Waals surface area contributed by atoms with Gasteiger partial charge < -0.3 is 30.3 Å². The zero-order valence-electron chi connectivity index (χ0n) is 35.1. The summed E-state index contributed by atoms with van der Waals surface area (Å²) in [6.07, 6.45) is 2.83. The third-order valence-electron chi connectivity index (χ3n) is 10.6. The first-order valence-electron chi connectivity index (χ1n) is 19.7. The van der Waals surface area contributed by atoms with E-state index >= 15 is 0 Å². The highest BCUT2D eigenvalue weighted by Gasteiger charge is 2.32. The van der Waals surface area contributed by atoms with Crippen molar-refractivity contribution in [2.75, 3.05) is 32.2 Å². The fourth-order valence-corrected chi connectivity index (χ4v) is 6.73. The van der Waals surface area contributed by atoms with Crippen LogP contribution < -0.4 is 20.9 Å². The third kappa shape index (κ3) is 11.9. The topological polar surface area (TPSA) is 157 Å². The number of benzene rings is 2. The normalized spacial score (nSPS) is 13.1. The van der Waals surface area contributed by atoms with Gasteiger partial charge in [-0.15, -0.1) is 5.10 Å². The predicted molar refractivity (Wildman–Crippen MR) is 219 cm³/mol. The lowest BCUT2D eigenvalue weighted by atomic mass is 9.88. The second-order valence-corrected chi connectivity index (χ2v) is 17.2. The van der Waals surface area contributed by atoms with E-state index < -0.39 is 22.2 Å². The van der Waals surface area contributed by atoms with Crippen LogP contribution in [0.25, 0.3) is 22.5 Å². The minimum atomic E-state index is -0.559. The first-order valence-corrected chi connectivity index (χ1v) is 19.7. The summed E-state index contributed by atoms with van der Waals surface area (Å²) in [6, 6.07) is 15.7. The molecule has 0 atom stereocenters. The van der Waals surface area contributed by atoms with Gasteiger partial charge in [0.25, 0.3) is 0 Å². The molecule has 0 aliphatic carbocycles. The van der Waals surface area contributed by atoms with E-state index in [-0.39, 0.29) is 36.5 Å². The molecule has 13 nitrogen and oxygen atoms in total. The quantitative estimate of drug-likeness (QED) is 0.130. The molecule has 4 rings (SSSR count). The Bertz CT molecular complexity index is 1850. The molecule has 0 bridgehead atoms. The standard InChI is InChI=1S/C43H63N7O6/c1-40(2,39(54)45-10)24-27-55-43(7,8)23-26-50-38-31-16-12-11-15-30(31)29-49(33-18-14-13-17-32(33)37(38)47-48-50)36(53)20-19-35(52)46-41(3,4)25-28-56-42(5,6)22-21-34(51)44-9/h11-18H,19-29H2,1-10H3,(H,44,51)(H,45,54)(H,46,52). The number of anilines is 1. The number of carbonyl (C=O) groups excluding carboxylic acids is 4. The van der Waals surface area contributed by atoms with E-state index in [1.807, 2.05) is 109 Å². The molecule has 0 radical (unpaired) electrons. The Labute approximate surface area is 332 Å². The van der Waals surface area contributed by atoms with Gasteiger partial charge in [-0.3, -0.25) is 19.2 Å². The average Bonchev–Trinajstić information content (AvgIpc) is 3.56. The van der Waals surface area contributed by atoms with Crippen LogP contribution in [0.1, 0.15) is 106 Å². The van der Waals surface area contributed by atoms with Crippen LogP contribution in [0, 0.1) is 5.41 Å². The Morgan fingerprint density at radius 1 is 0.714 bits per heavy atom. The van der Waals surface area contributed by atoms with Gasteiger partial charge in [0.05, 0.1) is 29.1 Å². The third-order valence-corrected chi connectivity index (χ3v) is 10.6. The van der Waals surface area contributed by atoms with E-state index in [0.29, 0.717) is 69.8 Å². The van der Waals surface area contributed by atoms with Crippen LogP contribution in [0.5, 0.6) is 0 Å². The van der Waals surface area contributed by atoms with Crippen molar-refractivity contribution in [1.29, 1.82) is 0 Å². The van der Waals surface area contributed by atoms with Crippen molar-refractivity contribution in [3.8, 4) is 22.5 Å². The van der Waals surface area contributed by atoms with E-state index in [4.69, 9.17) is 9.47 Å². The summed E-state index contributed by atoms with van der Waals surface area (Å²) < 4.78 is 14.3. The number of amides is 4. The van der Waals surface area contributed by atoms with Gasteiger partial charge in [0, 0.05) is 75.2 Å². The van der Waals surface area contributed by atoms with Crippen LogP contribution in [0.15, 0.2) is 48.5 Å². The summed E-state index contributed by atoms with van der Waals surface area (Å²) in [5.74, 6) is -0.426. The molecule has 56 heavy (non-hydrogen) atoms. The lowest BCUT2D eigenvalue weighted by Crippen LogP contribution is -2.45. The second-order valence-electron chi connectivity index (χ2n) is 17.2. The van der Waals surface area contributed by atoms with Crippen molar-refractivity contribution in [3.05, 3.63) is 54.1 Å². The molecule has 0 fully saturated rings. The fraction of sp³-hybridized carbons (Fsp3) is 0.581. The maximum Gasteiger partial charge on any atom is 0.227 e. The average molecular weight is 774 g/mol. The van der Waals surface area contributed by atoms with Crippen LogP contribution in [0.2, 0.25) is 0 Å². The molecule has 0 spiro atoms. The molecule has 2 heterocycles. The number of fused-ring (bicyclic) bond motifs is 5. The van der Waals surface area contributed by atoms with Crippen molar-refractivity contribution >= 4 is 29.3 Å². The highest BCUT2D eigenvalue weighted by molar-refractivity contribution is 6.01. The maximum absolute atomic E-state index is 14.1. The molecule has 0 saturated carbocycles. The van der Waals surface area contributed by atoms with Gasteiger partial charge >= 0.3 is 0 Å². The van der Waals surface area contributed by atoms with Crippen molar-refractivity contribution in [2.24, 2.45) is 5.41 Å². The number of carbonyl (C=O) groups is 4. The number of para-hydroxylation sites is 1. The van der Waals surface area contributed by atoms with Crippen LogP contribution in [0.3, 0.4) is 0 Å². The monoisotopic (exact) mass is 773 g/mol. The molecule has 1 aliphatic heterocycles. The highest BCUT2D eigenvalue weighted by Crippen LogP contribution is 2.41. The molecule has 2 aromatic carbocycles. The van der Waals surface area contributed by atoms with Crippen LogP contribution >= 0.6 is 0 Å². The Kier molecular flexibility index (Phi) is 14.6. The molecular weight excluding hydrogens is 711 g/mol. The zero-order valence-corrected chi connectivity index (χ0v) is 35.1. The number of aryl methyl sites for hydroxylation is 1. The number of rotatable bonds is 19. The van der Waals surface area contributed by atoms with Crippen LogP contribution in [-0.4, -0.2) is 82.7 Å². The SMILES string of the molecule is CNC(=O)CCC(C)(C)OCCC(C)(C)NC(=O)CCC(=O)N1Cc2ccccc2-c2c(nnn2CCC(C)(C)OCCC(C)(C)C(=O)NC)-c2ccccc21. The number of hydrogen-bond acceptors (Lipinski definition) is 8. The van der Waals surface area contributed by atoms with Gasteiger partial charge in [-0.25, -0.2) is 4.68 Å². The van der Waals surface area contributed by atoms with E-state index in [9.17, 15) is 19.2 Å². The molecular formula is C43H63N7O6. The molecule has 13 heteroatoms. The van der Waals surface area contributed by atoms with Crippen LogP contribution in [-0.2, 0) is 41.7 Å². The number of hydrogen-bond donors (Lipinski definition) is 3. The summed E-state index contributed by atoms with van der Waals surface area (Å²) in [4.78, 5) is 53.0. The van der Waals surface area contributed by atoms with Crippen LogP contribution in [0.4, 0.5) is 5.69 Å². The van der Waals surface area contributed by atoms with Crippen molar-refractivity contribution in [3.63, 3.8) is 0 Å². The lowest BCUT2D eigenvalue weighted by molar-refractivity contribution is -0.131. The van der Waals surface area contributed by atoms with Crippen molar-refractivity contribution < 1.29 is 28.7 Å². The minimum Gasteiger partial charge on any atom is -0.375 e. The fourth-order valence-electron chi connectivity index (χ4n) is 6.73. The molecule has 0 unspecified atom stereocenters. The van der Waals surface area contributed by atoms with Gasteiger partial charge in [-0.2, -0.15) is 0 Å². The largest absolute Gasteiger partial charge is 0.375 e. The van der Waals surface area contributed by atoms with Crippen molar-refractivity contribution in [2.45, 2.75) is 130 Å². The van der Waals surface area contributed by atoms with Gasteiger partial charge in [-0.1, -0.05) is 61.5 Å². The number of nitrogens with one attached hydrogen (secondary N) is 3. The Morgan fingerprint density at radius 2 is 1.34 bits per heavy atom. The zero-order chi connectivity index (χ0) is 41.3. The maximum atomic E-state index is 14.1. The van der Waals surface area contributed by atoms with Crippen molar-refractivity contribution in [1.82, 2.24) is 30.9 Å². The van der Waals surface area contributed by atoms with Gasteiger partial charge in [0.2, 0.25) is 23.6 Å². The van der Waals surface area contributed by atoms with E-state index in [1.165, 1.54) is 0 Å². The molecule has 1 aliphatic rings. The van der Waals surface area contributed by atoms with E-state index in [0.717, 1.165) is 22.4 Å². The van der Waals surface area contributed by atoms with E-state index in [2.05, 4.69) is 26.3 Å². The molecule has 3 aromatic rings. The molecule has 4 amide bonds. The summed E-state index contributed by atoms with van der Waals surface area (Å²) in [5, 5.41) is 17.8. The summed E-state index contributed by atoms with van der Waals surface area (Å²) in [6.45, 7) is 17.4. The number of nitrogens with zero attached hydrogens (tertiary/aromatic N) is 4. The molecule has 1 aromatic heterocycles. The lowest BCUT2D eigenvalue weighted by Gasteiger charge is -2.31. The highest BCUT2D eigenvalue weighted by atomic mass is 16.5. The predicted octanol–water partition coefficient (Wildman–Crippen LogP) is 6.19. The van der Waals surface area contributed by atoms with E-state index in [1.54, 1.807) is 19.0 Å². The van der Waals surface area contributed by atoms with Gasteiger partial charge in [0.1, 0.15) is 5.69 Å². The molecule has 0 saturated heterocycles.